The van der Waals surface area contributed by atoms with Crippen molar-refractivity contribution in [2.24, 2.45) is 5.92 Å². The molecule has 0 bridgehead atoms. The van der Waals surface area contributed by atoms with Crippen molar-refractivity contribution in [3.8, 4) is 0 Å². The van der Waals surface area contributed by atoms with Gasteiger partial charge < -0.3 is 4.74 Å². The molecule has 1 aromatic rings. The number of carbonyl (C=O) groups is 1. The maximum absolute atomic E-state index is 12.1. The van der Waals surface area contributed by atoms with Crippen molar-refractivity contribution in [2.45, 2.75) is 25.8 Å². The van der Waals surface area contributed by atoms with Gasteiger partial charge in [-0.3, -0.25) is 9.48 Å². The second-order valence-electron chi connectivity index (χ2n) is 4.05. The molecule has 1 saturated carbocycles. The fourth-order valence-corrected chi connectivity index (χ4v) is 2.05. The van der Waals surface area contributed by atoms with E-state index in [2.05, 4.69) is 5.10 Å². The molecule has 0 aromatic carbocycles. The highest BCUT2D eigenvalue weighted by atomic mass is 35.5. The molecule has 5 heteroatoms. The number of nitrogens with zero attached hydrogens (tertiary/aromatic N) is 2. The first-order chi connectivity index (χ1) is 7.74. The van der Waals surface area contributed by atoms with E-state index in [0.29, 0.717) is 23.9 Å². The molecule has 0 unspecified atom stereocenters. The van der Waals surface area contributed by atoms with Crippen LogP contribution in [0.15, 0.2) is 6.20 Å². The van der Waals surface area contributed by atoms with Gasteiger partial charge >= 0.3 is 0 Å². The van der Waals surface area contributed by atoms with Crippen molar-refractivity contribution in [1.29, 1.82) is 0 Å². The van der Waals surface area contributed by atoms with Crippen LogP contribution in [0.1, 0.15) is 29.8 Å². The molecule has 1 aliphatic carbocycles. The third-order valence-corrected chi connectivity index (χ3v) is 3.29. The van der Waals surface area contributed by atoms with E-state index < -0.39 is 0 Å². The first-order valence-electron chi connectivity index (χ1n) is 5.48. The van der Waals surface area contributed by atoms with E-state index in [1.165, 1.54) is 6.20 Å². The number of aromatic nitrogens is 2. The number of halogens is 1. The number of ether oxygens (including phenoxy) is 1. The zero-order valence-corrected chi connectivity index (χ0v) is 10.0. The molecular formula is C11H15ClN2O2. The van der Waals surface area contributed by atoms with Crippen LogP contribution in [0.5, 0.6) is 0 Å². The molecule has 0 aliphatic heterocycles. The topological polar surface area (TPSA) is 44.1 Å². The monoisotopic (exact) mass is 242 g/mol. The summed E-state index contributed by atoms with van der Waals surface area (Å²) >= 11 is 6.00. The third-order valence-electron chi connectivity index (χ3n) is 3.01. The normalized spacial score (nSPS) is 16.1. The van der Waals surface area contributed by atoms with E-state index in [4.69, 9.17) is 16.3 Å². The van der Waals surface area contributed by atoms with Crippen LogP contribution >= 0.6 is 11.6 Å². The van der Waals surface area contributed by atoms with Gasteiger partial charge in [-0.05, 0) is 12.8 Å². The van der Waals surface area contributed by atoms with Gasteiger partial charge in [0.25, 0.3) is 0 Å². The lowest BCUT2D eigenvalue weighted by Gasteiger charge is -2.24. The molecule has 0 N–H and O–H groups in total. The lowest BCUT2D eigenvalue weighted by molar-refractivity contribution is 0.0840. The summed E-state index contributed by atoms with van der Waals surface area (Å²) in [5, 5.41) is 4.55. The van der Waals surface area contributed by atoms with Crippen LogP contribution in [0.4, 0.5) is 0 Å². The molecule has 88 valence electrons. The molecule has 1 fully saturated rings. The average molecular weight is 243 g/mol. The maximum atomic E-state index is 12.1. The summed E-state index contributed by atoms with van der Waals surface area (Å²) in [5.74, 6) is 0.278. The van der Waals surface area contributed by atoms with Crippen LogP contribution in [-0.4, -0.2) is 29.3 Å². The fourth-order valence-electron chi connectivity index (χ4n) is 1.82. The fraction of sp³-hybridized carbons (Fsp3) is 0.636. The summed E-state index contributed by atoms with van der Waals surface area (Å²) in [6, 6.07) is 0. The number of ketones is 1. The molecule has 1 aliphatic rings. The number of methoxy groups -OCH3 is 1. The molecule has 1 heterocycles. The Morgan fingerprint density at radius 1 is 1.69 bits per heavy atom. The van der Waals surface area contributed by atoms with Crippen LogP contribution in [0.2, 0.25) is 5.02 Å². The minimum atomic E-state index is 0.129. The maximum Gasteiger partial charge on any atom is 0.185 e. The minimum Gasteiger partial charge on any atom is -0.383 e. The van der Waals surface area contributed by atoms with Crippen molar-refractivity contribution in [3.63, 3.8) is 0 Å². The van der Waals surface area contributed by atoms with E-state index in [1.807, 2.05) is 0 Å². The van der Waals surface area contributed by atoms with Gasteiger partial charge in [0.05, 0.1) is 24.4 Å². The smallest absolute Gasteiger partial charge is 0.185 e. The number of hydrogen-bond acceptors (Lipinski definition) is 3. The van der Waals surface area contributed by atoms with Crippen molar-refractivity contribution in [1.82, 2.24) is 9.78 Å². The van der Waals surface area contributed by atoms with Gasteiger partial charge in [0.15, 0.2) is 5.78 Å². The van der Waals surface area contributed by atoms with Crippen LogP contribution in [0, 0.1) is 5.92 Å². The molecule has 0 amide bonds. The molecule has 0 spiro atoms. The zero-order valence-electron chi connectivity index (χ0n) is 9.28. The Hall–Kier alpha value is -0.870. The highest BCUT2D eigenvalue weighted by molar-refractivity contribution is 6.33. The number of carbonyl (C=O) groups excluding carboxylic acids is 1. The molecule has 2 rings (SSSR count). The Morgan fingerprint density at radius 3 is 3.00 bits per heavy atom. The van der Waals surface area contributed by atoms with Gasteiger partial charge in [-0.15, -0.1) is 0 Å². The zero-order chi connectivity index (χ0) is 11.5. The van der Waals surface area contributed by atoms with Crippen LogP contribution in [0.25, 0.3) is 0 Å². The van der Waals surface area contributed by atoms with E-state index in [9.17, 15) is 4.79 Å². The van der Waals surface area contributed by atoms with E-state index in [1.54, 1.807) is 11.8 Å². The highest BCUT2D eigenvalue weighted by Gasteiger charge is 2.30. The molecular weight excluding hydrogens is 228 g/mol. The summed E-state index contributed by atoms with van der Waals surface area (Å²) in [6.07, 6.45) is 4.62. The summed E-state index contributed by atoms with van der Waals surface area (Å²) in [4.78, 5) is 12.1. The van der Waals surface area contributed by atoms with Crippen LogP contribution in [0.3, 0.4) is 0 Å². The third kappa shape index (κ3) is 2.13. The first-order valence-corrected chi connectivity index (χ1v) is 5.86. The second kappa shape index (κ2) is 4.97. The van der Waals surface area contributed by atoms with Crippen molar-refractivity contribution >= 4 is 17.4 Å². The van der Waals surface area contributed by atoms with E-state index in [-0.39, 0.29) is 11.7 Å². The van der Waals surface area contributed by atoms with Crippen molar-refractivity contribution in [3.05, 3.63) is 16.9 Å². The predicted molar refractivity (Wildman–Crippen MR) is 60.8 cm³/mol. The summed E-state index contributed by atoms with van der Waals surface area (Å²) in [6.45, 7) is 1.10. The van der Waals surface area contributed by atoms with Gasteiger partial charge in [-0.2, -0.15) is 5.10 Å². The SMILES string of the molecule is COCCn1ncc(Cl)c1C(=O)C1CCC1. The summed E-state index contributed by atoms with van der Waals surface area (Å²) in [5.41, 5.74) is 0.545. The Bertz CT molecular complexity index is 385. The number of hydrogen-bond donors (Lipinski definition) is 0. The Balaban J connectivity index is 2.16. The molecule has 4 nitrogen and oxygen atoms in total. The van der Waals surface area contributed by atoms with Gasteiger partial charge in [0.1, 0.15) is 5.69 Å². The number of Topliss-reactive ketones (excluding diaryl/α,β-unsaturated/α-hetero) is 1. The molecule has 0 radical (unpaired) electrons. The predicted octanol–water partition coefficient (Wildman–Crippen LogP) is 2.17. The standard InChI is InChI=1S/C11H15ClN2O2/c1-16-6-5-14-10(9(12)7-13-14)11(15)8-3-2-4-8/h7-8H,2-6H2,1H3. The van der Waals surface area contributed by atoms with Gasteiger partial charge in [-0.1, -0.05) is 18.0 Å². The Kier molecular flexibility index (Phi) is 3.61. The van der Waals surface area contributed by atoms with Gasteiger partial charge in [0.2, 0.25) is 0 Å². The second-order valence-corrected chi connectivity index (χ2v) is 4.46. The van der Waals surface area contributed by atoms with Gasteiger partial charge in [-0.25, -0.2) is 0 Å². The largest absolute Gasteiger partial charge is 0.383 e. The van der Waals surface area contributed by atoms with Crippen molar-refractivity contribution in [2.75, 3.05) is 13.7 Å². The Labute approximate surface area is 99.5 Å². The lowest BCUT2D eigenvalue weighted by atomic mass is 9.81. The summed E-state index contributed by atoms with van der Waals surface area (Å²) < 4.78 is 6.62. The summed E-state index contributed by atoms with van der Waals surface area (Å²) in [7, 11) is 1.62. The molecule has 0 saturated heterocycles. The molecule has 1 aromatic heterocycles. The average Bonchev–Trinajstić information content (AvgIpc) is 2.54. The minimum absolute atomic E-state index is 0.129. The lowest BCUT2D eigenvalue weighted by Crippen LogP contribution is -2.25. The van der Waals surface area contributed by atoms with Crippen molar-refractivity contribution < 1.29 is 9.53 Å². The first kappa shape index (κ1) is 11.6. The van der Waals surface area contributed by atoms with E-state index >= 15 is 0 Å². The number of rotatable bonds is 5. The molecule has 16 heavy (non-hydrogen) atoms. The van der Waals surface area contributed by atoms with Crippen LogP contribution < -0.4 is 0 Å². The van der Waals surface area contributed by atoms with E-state index in [0.717, 1.165) is 19.3 Å². The Morgan fingerprint density at radius 2 is 2.44 bits per heavy atom. The van der Waals surface area contributed by atoms with Crippen LogP contribution in [-0.2, 0) is 11.3 Å². The van der Waals surface area contributed by atoms with Gasteiger partial charge in [0, 0.05) is 13.0 Å². The quantitative estimate of drug-likeness (QED) is 0.744. The molecule has 0 atom stereocenters. The highest BCUT2D eigenvalue weighted by Crippen LogP contribution is 2.31.